The Balaban J connectivity index is 1.38. The molecule has 4 amide bonds. The van der Waals surface area contributed by atoms with Crippen LogP contribution in [-0.4, -0.2) is 42.4 Å². The molecule has 0 aliphatic carbocycles. The maximum absolute atomic E-state index is 13.2. The van der Waals surface area contributed by atoms with Crippen LogP contribution in [0.25, 0.3) is 16.8 Å². The number of fused-ring (bicyclic) bond motifs is 1. The van der Waals surface area contributed by atoms with Gasteiger partial charge in [0, 0.05) is 16.3 Å². The van der Waals surface area contributed by atoms with Gasteiger partial charge in [-0.25, -0.2) is 9.59 Å². The number of benzene rings is 3. The molecule has 10 nitrogen and oxygen atoms in total. The van der Waals surface area contributed by atoms with Crippen LogP contribution in [0.15, 0.2) is 82.9 Å². The number of furan rings is 1. The first kappa shape index (κ1) is 26.5. The van der Waals surface area contributed by atoms with E-state index in [1.165, 1.54) is 25.3 Å². The van der Waals surface area contributed by atoms with Gasteiger partial charge >= 0.3 is 12.0 Å². The monoisotopic (exact) mass is 559 g/mol. The minimum absolute atomic E-state index is 0.0107. The van der Waals surface area contributed by atoms with Crippen LogP contribution in [0.2, 0.25) is 5.02 Å². The summed E-state index contributed by atoms with van der Waals surface area (Å²) in [6.45, 7) is -0.493. The summed E-state index contributed by atoms with van der Waals surface area (Å²) in [6, 6.07) is 19.9. The van der Waals surface area contributed by atoms with Crippen LogP contribution in [0.5, 0.6) is 5.75 Å². The summed E-state index contributed by atoms with van der Waals surface area (Å²) in [7, 11) is 1.22. The fourth-order valence-electron chi connectivity index (χ4n) is 4.11. The second-order valence-electron chi connectivity index (χ2n) is 8.68. The maximum atomic E-state index is 13.2. The molecule has 4 aromatic rings. The predicted molar refractivity (Wildman–Crippen MR) is 147 cm³/mol. The number of carbonyl (C=O) groups excluding carboxylic acids is 4. The van der Waals surface area contributed by atoms with Crippen molar-refractivity contribution in [3.63, 3.8) is 0 Å². The van der Waals surface area contributed by atoms with Gasteiger partial charge in [-0.2, -0.15) is 0 Å². The summed E-state index contributed by atoms with van der Waals surface area (Å²) in [5.74, 6) is -1.14. The van der Waals surface area contributed by atoms with Gasteiger partial charge in [-0.15, -0.1) is 0 Å². The number of amides is 4. The predicted octanol–water partition coefficient (Wildman–Crippen LogP) is 4.98. The van der Waals surface area contributed by atoms with E-state index < -0.39 is 23.8 Å². The number of hydrogen-bond donors (Lipinski definition) is 2. The molecule has 2 N–H and O–H groups in total. The van der Waals surface area contributed by atoms with Crippen molar-refractivity contribution in [3.05, 3.63) is 101 Å². The summed E-state index contributed by atoms with van der Waals surface area (Å²) in [4.78, 5) is 51.0. The van der Waals surface area contributed by atoms with Crippen LogP contribution in [0.4, 0.5) is 10.5 Å². The highest BCUT2D eigenvalue weighted by molar-refractivity contribution is 6.30. The zero-order valence-corrected chi connectivity index (χ0v) is 21.9. The molecule has 3 aromatic carbocycles. The molecule has 0 bridgehead atoms. The molecule has 0 atom stereocenters. The number of carbonyl (C=O) groups is 4. The van der Waals surface area contributed by atoms with E-state index in [0.717, 1.165) is 15.7 Å². The fraction of sp³-hybridized carbons (Fsp3) is 0.103. The summed E-state index contributed by atoms with van der Waals surface area (Å²) in [5, 5.41) is 7.47. The van der Waals surface area contributed by atoms with Crippen LogP contribution >= 0.6 is 11.6 Å². The molecule has 0 spiro atoms. The lowest BCUT2D eigenvalue weighted by atomic mass is 10.0. The molecule has 11 heteroatoms. The minimum Gasteiger partial charge on any atom is -0.483 e. The minimum atomic E-state index is -0.672. The molecule has 1 aliphatic heterocycles. The number of halogens is 1. The topological polar surface area (TPSA) is 127 Å². The number of rotatable bonds is 8. The number of nitrogens with zero attached hydrogens (tertiary/aromatic N) is 1. The van der Waals surface area contributed by atoms with Crippen LogP contribution in [0.3, 0.4) is 0 Å². The maximum Gasteiger partial charge on any atom is 0.373 e. The Morgan fingerprint density at radius 3 is 2.58 bits per heavy atom. The van der Waals surface area contributed by atoms with Crippen molar-refractivity contribution < 1.29 is 33.1 Å². The Kier molecular flexibility index (Phi) is 7.52. The molecule has 5 rings (SSSR count). The number of nitrogens with one attached hydrogen (secondary N) is 2. The molecule has 1 aliphatic rings. The van der Waals surface area contributed by atoms with Crippen molar-refractivity contribution in [1.29, 1.82) is 0 Å². The Labute approximate surface area is 233 Å². The highest BCUT2D eigenvalue weighted by Crippen LogP contribution is 2.31. The lowest BCUT2D eigenvalue weighted by Gasteiger charge is -2.13. The smallest absolute Gasteiger partial charge is 0.373 e. The number of ether oxygens (including phenoxy) is 2. The average Bonchev–Trinajstić information content (AvgIpc) is 3.53. The molecule has 0 radical (unpaired) electrons. The molecule has 0 unspecified atom stereocenters. The van der Waals surface area contributed by atoms with Gasteiger partial charge in [-0.3, -0.25) is 14.5 Å². The highest BCUT2D eigenvalue weighted by Gasteiger charge is 2.34. The third kappa shape index (κ3) is 5.67. The Morgan fingerprint density at radius 2 is 1.80 bits per heavy atom. The van der Waals surface area contributed by atoms with Gasteiger partial charge in [-0.05, 0) is 59.3 Å². The molecular weight excluding hydrogens is 538 g/mol. The van der Waals surface area contributed by atoms with Crippen LogP contribution in [0.1, 0.15) is 21.9 Å². The number of imide groups is 1. The Bertz CT molecular complexity index is 1660. The van der Waals surface area contributed by atoms with Gasteiger partial charge in [0.05, 0.1) is 13.7 Å². The molecular formula is C29H22ClN3O7. The number of urea groups is 1. The second kappa shape index (κ2) is 11.3. The molecule has 1 aromatic heterocycles. The largest absolute Gasteiger partial charge is 0.483 e. The van der Waals surface area contributed by atoms with E-state index in [9.17, 15) is 19.2 Å². The third-order valence-electron chi connectivity index (χ3n) is 6.03. The van der Waals surface area contributed by atoms with E-state index in [1.54, 1.807) is 30.3 Å². The van der Waals surface area contributed by atoms with Gasteiger partial charge in [-0.1, -0.05) is 41.9 Å². The molecule has 2 heterocycles. The zero-order chi connectivity index (χ0) is 28.2. The molecule has 202 valence electrons. The normalized spacial score (nSPS) is 13.9. The summed E-state index contributed by atoms with van der Waals surface area (Å²) < 4.78 is 15.9. The van der Waals surface area contributed by atoms with Gasteiger partial charge in [0.15, 0.2) is 6.61 Å². The number of esters is 1. The van der Waals surface area contributed by atoms with E-state index in [4.69, 9.17) is 20.8 Å². The van der Waals surface area contributed by atoms with Crippen molar-refractivity contribution in [3.8, 4) is 5.75 Å². The summed E-state index contributed by atoms with van der Waals surface area (Å²) >= 11 is 5.89. The van der Waals surface area contributed by atoms with Crippen molar-refractivity contribution in [2.45, 2.75) is 6.54 Å². The van der Waals surface area contributed by atoms with E-state index in [0.29, 0.717) is 22.0 Å². The first-order chi connectivity index (χ1) is 19.3. The number of methoxy groups -OCH3 is 1. The summed E-state index contributed by atoms with van der Waals surface area (Å²) in [5.41, 5.74) is 1.08. The summed E-state index contributed by atoms with van der Waals surface area (Å²) in [6.07, 6.45) is 1.51. The zero-order valence-electron chi connectivity index (χ0n) is 21.1. The first-order valence-corrected chi connectivity index (χ1v) is 12.4. The van der Waals surface area contributed by atoms with Gasteiger partial charge in [0.25, 0.3) is 11.8 Å². The van der Waals surface area contributed by atoms with E-state index >= 15 is 0 Å². The Morgan fingerprint density at radius 1 is 1.02 bits per heavy atom. The van der Waals surface area contributed by atoms with Crippen molar-refractivity contribution >= 4 is 58.0 Å². The first-order valence-electron chi connectivity index (χ1n) is 12.0. The van der Waals surface area contributed by atoms with E-state index in [-0.39, 0.29) is 30.4 Å². The highest BCUT2D eigenvalue weighted by atomic mass is 35.5. The average molecular weight is 560 g/mol. The van der Waals surface area contributed by atoms with E-state index in [1.807, 2.05) is 30.3 Å². The van der Waals surface area contributed by atoms with Crippen molar-refractivity contribution in [2.24, 2.45) is 0 Å². The van der Waals surface area contributed by atoms with Gasteiger partial charge in [0.1, 0.15) is 17.2 Å². The third-order valence-corrected chi connectivity index (χ3v) is 6.28. The lowest BCUT2D eigenvalue weighted by Crippen LogP contribution is -2.30. The number of hydrogen-bond acceptors (Lipinski definition) is 7. The van der Waals surface area contributed by atoms with Crippen LogP contribution in [0, 0.1) is 0 Å². The molecule has 40 heavy (non-hydrogen) atoms. The SMILES string of the molecule is COC(=O)c1ccc(CN2C(=O)N/C(=C\c3c(OCC(=O)Nc4ccc(Cl)cc4)ccc4ccccc34)C2=O)o1. The van der Waals surface area contributed by atoms with Crippen molar-refractivity contribution in [1.82, 2.24) is 10.2 Å². The van der Waals surface area contributed by atoms with Crippen LogP contribution in [-0.2, 0) is 20.9 Å². The van der Waals surface area contributed by atoms with Gasteiger partial charge < -0.3 is 24.5 Å². The van der Waals surface area contributed by atoms with Gasteiger partial charge in [0.2, 0.25) is 5.76 Å². The second-order valence-corrected chi connectivity index (χ2v) is 9.12. The quantitative estimate of drug-likeness (QED) is 0.177. The fourth-order valence-corrected chi connectivity index (χ4v) is 4.24. The lowest BCUT2D eigenvalue weighted by molar-refractivity contribution is -0.123. The Hall–Kier alpha value is -5.09. The van der Waals surface area contributed by atoms with Crippen molar-refractivity contribution in [2.75, 3.05) is 19.0 Å². The molecule has 0 saturated carbocycles. The molecule has 1 fully saturated rings. The van der Waals surface area contributed by atoms with E-state index in [2.05, 4.69) is 15.4 Å². The standard InChI is InChI=1S/C29H22ClN3O7/c1-38-28(36)25-13-11-20(40-25)15-33-27(35)23(32-29(33)37)14-22-21-5-3-2-4-17(21)6-12-24(22)39-16-26(34)31-19-9-7-18(30)8-10-19/h2-14H,15-16H2,1H3,(H,31,34)(H,32,37)/b23-14-. The van der Waals surface area contributed by atoms with Crippen LogP contribution < -0.4 is 15.4 Å². The number of anilines is 1. The molecule has 1 saturated heterocycles.